The van der Waals surface area contributed by atoms with E-state index in [1.54, 1.807) is 0 Å². The summed E-state index contributed by atoms with van der Waals surface area (Å²) in [5, 5.41) is 13.1. The molecular weight excluding hydrogens is 248 g/mol. The summed E-state index contributed by atoms with van der Waals surface area (Å²) in [6, 6.07) is 1.24. The second-order valence-electron chi connectivity index (χ2n) is 6.72. The van der Waals surface area contributed by atoms with Gasteiger partial charge in [-0.15, -0.1) is 0 Å². The third kappa shape index (κ3) is 5.71. The first kappa shape index (κ1) is 16.3. The van der Waals surface area contributed by atoms with Crippen LogP contribution in [0.4, 0.5) is 0 Å². The number of rotatable bonds is 7. The highest BCUT2D eigenvalue weighted by Crippen LogP contribution is 2.18. The zero-order valence-electron chi connectivity index (χ0n) is 13.2. The molecule has 3 heteroatoms. The maximum atomic E-state index is 9.30. The third-order valence-electron chi connectivity index (χ3n) is 5.12. The van der Waals surface area contributed by atoms with Gasteiger partial charge in [-0.2, -0.15) is 0 Å². The molecule has 1 aliphatic carbocycles. The Morgan fingerprint density at radius 1 is 0.900 bits per heavy atom. The first-order valence-electron chi connectivity index (χ1n) is 8.98. The topological polar surface area (TPSA) is 35.5 Å². The Kier molecular flexibility index (Phi) is 7.92. The van der Waals surface area contributed by atoms with Crippen LogP contribution in [0.15, 0.2) is 0 Å². The number of unbranched alkanes of at least 4 members (excludes halogenated alkanes) is 1. The predicted octanol–water partition coefficient (Wildman–Crippen LogP) is 2.93. The zero-order chi connectivity index (χ0) is 14.0. The Labute approximate surface area is 125 Å². The summed E-state index contributed by atoms with van der Waals surface area (Å²) < 4.78 is 0. The molecule has 3 nitrogen and oxygen atoms in total. The van der Waals surface area contributed by atoms with E-state index < -0.39 is 0 Å². The van der Waals surface area contributed by atoms with Crippen molar-refractivity contribution in [1.82, 2.24) is 10.2 Å². The first-order valence-corrected chi connectivity index (χ1v) is 8.98. The Hall–Kier alpha value is -0.120. The van der Waals surface area contributed by atoms with Gasteiger partial charge in [0.25, 0.3) is 0 Å². The van der Waals surface area contributed by atoms with Crippen molar-refractivity contribution in [1.29, 1.82) is 0 Å². The molecule has 20 heavy (non-hydrogen) atoms. The molecule has 0 aromatic rings. The van der Waals surface area contributed by atoms with Crippen molar-refractivity contribution in [2.75, 3.05) is 26.2 Å². The van der Waals surface area contributed by atoms with E-state index in [1.165, 1.54) is 90.3 Å². The van der Waals surface area contributed by atoms with Crippen LogP contribution in [0, 0.1) is 0 Å². The second kappa shape index (κ2) is 9.75. The number of hydrogen-bond acceptors (Lipinski definition) is 3. The van der Waals surface area contributed by atoms with E-state index in [0.29, 0.717) is 12.6 Å². The average molecular weight is 282 g/mol. The summed E-state index contributed by atoms with van der Waals surface area (Å²) in [5.41, 5.74) is 0. The molecule has 2 rings (SSSR count). The van der Waals surface area contributed by atoms with Crippen LogP contribution in [0.3, 0.4) is 0 Å². The summed E-state index contributed by atoms with van der Waals surface area (Å²) >= 11 is 0. The minimum absolute atomic E-state index is 0.348. The van der Waals surface area contributed by atoms with Crippen molar-refractivity contribution in [3.63, 3.8) is 0 Å². The third-order valence-corrected chi connectivity index (χ3v) is 5.12. The lowest BCUT2D eigenvalue weighted by molar-refractivity contribution is 0.157. The molecule has 1 unspecified atom stereocenters. The molecule has 0 aromatic heterocycles. The summed E-state index contributed by atoms with van der Waals surface area (Å²) in [5.74, 6) is 0. The van der Waals surface area contributed by atoms with Crippen molar-refractivity contribution < 1.29 is 5.11 Å². The van der Waals surface area contributed by atoms with E-state index in [0.717, 1.165) is 6.04 Å². The first-order chi connectivity index (χ1) is 9.90. The SMILES string of the molecule is OCC1CCCN1CCCCNC1CCCCCCC1. The van der Waals surface area contributed by atoms with Gasteiger partial charge in [-0.1, -0.05) is 32.1 Å². The Bertz CT molecular complexity index is 239. The monoisotopic (exact) mass is 282 g/mol. The quantitative estimate of drug-likeness (QED) is 0.705. The average Bonchev–Trinajstić information content (AvgIpc) is 2.87. The molecule has 0 aromatic carbocycles. The highest BCUT2D eigenvalue weighted by molar-refractivity contribution is 4.78. The van der Waals surface area contributed by atoms with Crippen molar-refractivity contribution in [3.05, 3.63) is 0 Å². The maximum absolute atomic E-state index is 9.30. The minimum Gasteiger partial charge on any atom is -0.395 e. The molecule has 2 N–H and O–H groups in total. The molecule has 2 fully saturated rings. The van der Waals surface area contributed by atoms with Crippen LogP contribution in [-0.2, 0) is 0 Å². The smallest absolute Gasteiger partial charge is 0.0586 e. The molecule has 1 atom stereocenters. The molecule has 1 saturated heterocycles. The summed E-state index contributed by atoms with van der Waals surface area (Å²) in [7, 11) is 0. The van der Waals surface area contributed by atoms with Crippen LogP contribution in [0.1, 0.15) is 70.6 Å². The largest absolute Gasteiger partial charge is 0.395 e. The molecule has 0 spiro atoms. The van der Waals surface area contributed by atoms with Crippen molar-refractivity contribution in [2.45, 2.75) is 82.7 Å². The van der Waals surface area contributed by atoms with Crippen LogP contribution in [0.2, 0.25) is 0 Å². The normalized spacial score (nSPS) is 26.6. The standard InChI is InChI=1S/C17H34N2O/c20-15-17-11-8-14-19(17)13-7-6-12-18-16-9-4-2-1-3-5-10-16/h16-18,20H,1-15H2. The molecular formula is C17H34N2O. The van der Waals surface area contributed by atoms with E-state index in [2.05, 4.69) is 10.2 Å². The Morgan fingerprint density at radius 2 is 1.65 bits per heavy atom. The highest BCUT2D eigenvalue weighted by atomic mass is 16.3. The molecule has 1 aliphatic heterocycles. The Balaban J connectivity index is 1.50. The fourth-order valence-corrected chi connectivity index (χ4v) is 3.80. The number of nitrogens with one attached hydrogen (secondary N) is 1. The summed E-state index contributed by atoms with van der Waals surface area (Å²) in [6.45, 7) is 3.90. The number of aliphatic hydroxyl groups excluding tert-OH is 1. The zero-order valence-corrected chi connectivity index (χ0v) is 13.2. The second-order valence-corrected chi connectivity index (χ2v) is 6.72. The van der Waals surface area contributed by atoms with Crippen LogP contribution < -0.4 is 5.32 Å². The van der Waals surface area contributed by atoms with Gasteiger partial charge in [0.05, 0.1) is 6.61 Å². The van der Waals surface area contributed by atoms with E-state index in [-0.39, 0.29) is 0 Å². The van der Waals surface area contributed by atoms with Crippen molar-refractivity contribution >= 4 is 0 Å². The van der Waals surface area contributed by atoms with Crippen LogP contribution >= 0.6 is 0 Å². The van der Waals surface area contributed by atoms with E-state index in [4.69, 9.17) is 0 Å². The molecule has 118 valence electrons. The van der Waals surface area contributed by atoms with Gasteiger partial charge in [-0.3, -0.25) is 4.90 Å². The summed E-state index contributed by atoms with van der Waals surface area (Å²) in [4.78, 5) is 2.48. The fourth-order valence-electron chi connectivity index (χ4n) is 3.80. The molecule has 0 radical (unpaired) electrons. The van der Waals surface area contributed by atoms with Crippen LogP contribution in [0.25, 0.3) is 0 Å². The van der Waals surface area contributed by atoms with Crippen LogP contribution in [-0.4, -0.2) is 48.3 Å². The van der Waals surface area contributed by atoms with Gasteiger partial charge in [0, 0.05) is 12.1 Å². The molecule has 0 bridgehead atoms. The van der Waals surface area contributed by atoms with E-state index in [9.17, 15) is 5.11 Å². The van der Waals surface area contributed by atoms with Gasteiger partial charge < -0.3 is 10.4 Å². The minimum atomic E-state index is 0.348. The molecule has 2 aliphatic rings. The number of aliphatic hydroxyl groups is 1. The van der Waals surface area contributed by atoms with Gasteiger partial charge in [0.15, 0.2) is 0 Å². The lowest BCUT2D eigenvalue weighted by Crippen LogP contribution is -2.34. The molecule has 0 amide bonds. The summed E-state index contributed by atoms with van der Waals surface area (Å²) in [6.07, 6.45) is 15.0. The predicted molar refractivity (Wildman–Crippen MR) is 85.0 cm³/mol. The molecule has 1 saturated carbocycles. The maximum Gasteiger partial charge on any atom is 0.0586 e. The van der Waals surface area contributed by atoms with Crippen molar-refractivity contribution in [2.24, 2.45) is 0 Å². The fraction of sp³-hybridized carbons (Fsp3) is 1.00. The van der Waals surface area contributed by atoms with Gasteiger partial charge in [-0.25, -0.2) is 0 Å². The van der Waals surface area contributed by atoms with Crippen LogP contribution in [0.5, 0.6) is 0 Å². The van der Waals surface area contributed by atoms with E-state index >= 15 is 0 Å². The highest BCUT2D eigenvalue weighted by Gasteiger charge is 2.22. The number of likely N-dealkylation sites (tertiary alicyclic amines) is 1. The molecule has 1 heterocycles. The number of nitrogens with zero attached hydrogens (tertiary/aromatic N) is 1. The van der Waals surface area contributed by atoms with Crippen molar-refractivity contribution in [3.8, 4) is 0 Å². The number of hydrogen-bond donors (Lipinski definition) is 2. The van der Waals surface area contributed by atoms with E-state index in [1.807, 2.05) is 0 Å². The van der Waals surface area contributed by atoms with Gasteiger partial charge in [0.1, 0.15) is 0 Å². The van der Waals surface area contributed by atoms with Gasteiger partial charge in [0.2, 0.25) is 0 Å². The lowest BCUT2D eigenvalue weighted by atomic mass is 9.97. The lowest BCUT2D eigenvalue weighted by Gasteiger charge is -2.23. The van der Waals surface area contributed by atoms with Gasteiger partial charge >= 0.3 is 0 Å². The Morgan fingerprint density at radius 3 is 2.40 bits per heavy atom. The van der Waals surface area contributed by atoms with Gasteiger partial charge in [-0.05, 0) is 58.2 Å².